The first-order chi connectivity index (χ1) is 13.1. The van der Waals surface area contributed by atoms with E-state index in [1.807, 2.05) is 55.5 Å². The Hall–Kier alpha value is -2.86. The number of aryl methyl sites for hydroxylation is 1. The van der Waals surface area contributed by atoms with E-state index >= 15 is 0 Å². The predicted octanol–water partition coefficient (Wildman–Crippen LogP) is 3.17. The van der Waals surface area contributed by atoms with Crippen LogP contribution in [-0.4, -0.2) is 43.5 Å². The molecule has 2 amide bonds. The van der Waals surface area contributed by atoms with Gasteiger partial charge in [0, 0.05) is 32.3 Å². The molecule has 0 saturated carbocycles. The van der Waals surface area contributed by atoms with Crippen LogP contribution in [0.5, 0.6) is 0 Å². The van der Waals surface area contributed by atoms with E-state index in [1.165, 1.54) is 5.56 Å². The Bertz CT molecular complexity index is 805. The minimum Gasteiger partial charge on any atom is -0.383 e. The maximum Gasteiger partial charge on any atom is 0.229 e. The van der Waals surface area contributed by atoms with Crippen LogP contribution in [0.1, 0.15) is 12.0 Å². The highest BCUT2D eigenvalue weighted by atomic mass is 16.5. The van der Waals surface area contributed by atoms with E-state index in [1.54, 1.807) is 12.0 Å². The van der Waals surface area contributed by atoms with Gasteiger partial charge in [-0.25, -0.2) is 0 Å². The number of carbonyl (C=O) groups is 2. The molecule has 142 valence electrons. The van der Waals surface area contributed by atoms with Crippen molar-refractivity contribution in [1.29, 1.82) is 0 Å². The molecule has 0 aliphatic carbocycles. The summed E-state index contributed by atoms with van der Waals surface area (Å²) in [6, 6.07) is 15.6. The fraction of sp³-hybridized carbons (Fsp3) is 0.333. The number of hydrogen-bond donors (Lipinski definition) is 2. The minimum absolute atomic E-state index is 0.00161. The van der Waals surface area contributed by atoms with Crippen molar-refractivity contribution >= 4 is 28.9 Å². The van der Waals surface area contributed by atoms with Gasteiger partial charge in [-0.2, -0.15) is 0 Å². The van der Waals surface area contributed by atoms with Gasteiger partial charge in [0.25, 0.3) is 0 Å². The number of hydrogen-bond acceptors (Lipinski definition) is 4. The van der Waals surface area contributed by atoms with Crippen LogP contribution in [0.25, 0.3) is 0 Å². The van der Waals surface area contributed by atoms with Crippen LogP contribution in [0, 0.1) is 12.8 Å². The standard InChI is InChI=1S/C21H25N3O3/c1-15-7-9-17(10-8-15)22-18-5-3-4-6-19(18)23-21(26)16-13-20(25)24(14-16)11-12-27-2/h3-10,16,22H,11-14H2,1-2H3,(H,23,26). The van der Waals surface area contributed by atoms with Crippen molar-refractivity contribution in [3.63, 3.8) is 0 Å². The molecule has 1 aliphatic heterocycles. The number of carbonyl (C=O) groups excluding carboxylic acids is 2. The molecular weight excluding hydrogens is 342 g/mol. The fourth-order valence-corrected chi connectivity index (χ4v) is 3.09. The summed E-state index contributed by atoms with van der Waals surface area (Å²) in [7, 11) is 1.60. The lowest BCUT2D eigenvalue weighted by atomic mass is 10.1. The number of amides is 2. The van der Waals surface area contributed by atoms with Crippen LogP contribution in [-0.2, 0) is 14.3 Å². The predicted molar refractivity (Wildman–Crippen MR) is 106 cm³/mol. The van der Waals surface area contributed by atoms with Crippen LogP contribution in [0.2, 0.25) is 0 Å². The summed E-state index contributed by atoms with van der Waals surface area (Å²) in [6.07, 6.45) is 0.239. The summed E-state index contributed by atoms with van der Waals surface area (Å²) in [5.74, 6) is -0.485. The summed E-state index contributed by atoms with van der Waals surface area (Å²) < 4.78 is 5.02. The third kappa shape index (κ3) is 4.86. The number of ether oxygens (including phenoxy) is 1. The van der Waals surface area contributed by atoms with E-state index in [9.17, 15) is 9.59 Å². The van der Waals surface area contributed by atoms with Crippen LogP contribution < -0.4 is 10.6 Å². The second kappa shape index (κ2) is 8.68. The zero-order valence-electron chi connectivity index (χ0n) is 15.7. The Morgan fingerprint density at radius 1 is 1.15 bits per heavy atom. The number of nitrogens with zero attached hydrogens (tertiary/aromatic N) is 1. The molecule has 2 aromatic rings. The number of para-hydroxylation sites is 2. The number of methoxy groups -OCH3 is 1. The Morgan fingerprint density at radius 2 is 1.85 bits per heavy atom. The summed E-state index contributed by atoms with van der Waals surface area (Å²) in [6.45, 7) is 3.46. The minimum atomic E-state index is -0.346. The van der Waals surface area contributed by atoms with Crippen LogP contribution in [0.3, 0.4) is 0 Å². The van der Waals surface area contributed by atoms with Crippen molar-refractivity contribution in [3.8, 4) is 0 Å². The van der Waals surface area contributed by atoms with Crippen molar-refractivity contribution in [2.45, 2.75) is 13.3 Å². The Kier molecular flexibility index (Phi) is 6.08. The monoisotopic (exact) mass is 367 g/mol. The Balaban J connectivity index is 1.66. The lowest BCUT2D eigenvalue weighted by Crippen LogP contribution is -2.30. The average molecular weight is 367 g/mol. The van der Waals surface area contributed by atoms with Crippen molar-refractivity contribution in [2.24, 2.45) is 5.92 Å². The van der Waals surface area contributed by atoms with E-state index in [2.05, 4.69) is 10.6 Å². The molecule has 1 atom stereocenters. The molecule has 0 bridgehead atoms. The van der Waals surface area contributed by atoms with Crippen molar-refractivity contribution in [3.05, 3.63) is 54.1 Å². The van der Waals surface area contributed by atoms with E-state index < -0.39 is 0 Å². The Labute approximate surface area is 159 Å². The third-order valence-electron chi connectivity index (χ3n) is 4.67. The normalized spacial score (nSPS) is 16.4. The van der Waals surface area contributed by atoms with Gasteiger partial charge < -0.3 is 20.3 Å². The van der Waals surface area contributed by atoms with Crippen LogP contribution in [0.4, 0.5) is 17.1 Å². The van der Waals surface area contributed by atoms with E-state index in [4.69, 9.17) is 4.74 Å². The quantitative estimate of drug-likeness (QED) is 0.789. The summed E-state index contributed by atoms with van der Waals surface area (Å²) in [5.41, 5.74) is 3.65. The number of nitrogens with one attached hydrogen (secondary N) is 2. The van der Waals surface area contributed by atoms with Crippen molar-refractivity contribution in [2.75, 3.05) is 37.4 Å². The van der Waals surface area contributed by atoms with Gasteiger partial charge in [-0.1, -0.05) is 29.8 Å². The number of likely N-dealkylation sites (tertiary alicyclic amines) is 1. The molecule has 3 rings (SSSR count). The second-order valence-corrected chi connectivity index (χ2v) is 6.76. The van der Waals surface area contributed by atoms with Crippen molar-refractivity contribution in [1.82, 2.24) is 4.90 Å². The second-order valence-electron chi connectivity index (χ2n) is 6.76. The molecule has 1 unspecified atom stereocenters. The topological polar surface area (TPSA) is 70.7 Å². The maximum atomic E-state index is 12.7. The number of benzene rings is 2. The largest absolute Gasteiger partial charge is 0.383 e. The molecule has 2 N–H and O–H groups in total. The molecular formula is C21H25N3O3. The summed E-state index contributed by atoms with van der Waals surface area (Å²) in [4.78, 5) is 26.4. The molecule has 1 heterocycles. The number of rotatable bonds is 7. The molecule has 6 heteroatoms. The molecule has 27 heavy (non-hydrogen) atoms. The van der Waals surface area contributed by atoms with Gasteiger partial charge in [0.1, 0.15) is 0 Å². The summed E-state index contributed by atoms with van der Waals surface area (Å²) >= 11 is 0. The Morgan fingerprint density at radius 3 is 2.56 bits per heavy atom. The molecule has 0 aromatic heterocycles. The highest BCUT2D eigenvalue weighted by Crippen LogP contribution is 2.27. The van der Waals surface area contributed by atoms with Crippen LogP contribution >= 0.6 is 0 Å². The molecule has 6 nitrogen and oxygen atoms in total. The lowest BCUT2D eigenvalue weighted by Gasteiger charge is -2.17. The molecule has 0 radical (unpaired) electrons. The molecule has 1 saturated heterocycles. The van der Waals surface area contributed by atoms with Crippen LogP contribution in [0.15, 0.2) is 48.5 Å². The first kappa shape index (κ1) is 18.9. The van der Waals surface area contributed by atoms with Gasteiger partial charge in [0.2, 0.25) is 11.8 Å². The van der Waals surface area contributed by atoms with E-state index in [0.29, 0.717) is 25.4 Å². The lowest BCUT2D eigenvalue weighted by molar-refractivity contribution is -0.128. The van der Waals surface area contributed by atoms with Gasteiger partial charge in [-0.15, -0.1) is 0 Å². The number of anilines is 3. The first-order valence-electron chi connectivity index (χ1n) is 9.07. The van der Waals surface area contributed by atoms with Gasteiger partial charge >= 0.3 is 0 Å². The third-order valence-corrected chi connectivity index (χ3v) is 4.67. The fourth-order valence-electron chi connectivity index (χ4n) is 3.09. The van der Waals surface area contributed by atoms with Gasteiger partial charge in [0.05, 0.1) is 23.9 Å². The zero-order valence-corrected chi connectivity index (χ0v) is 15.7. The smallest absolute Gasteiger partial charge is 0.229 e. The molecule has 2 aromatic carbocycles. The molecule has 0 spiro atoms. The van der Waals surface area contributed by atoms with E-state index in [-0.39, 0.29) is 24.2 Å². The molecule has 1 fully saturated rings. The zero-order chi connectivity index (χ0) is 19.2. The highest BCUT2D eigenvalue weighted by molar-refractivity contribution is 5.99. The SMILES string of the molecule is COCCN1CC(C(=O)Nc2ccccc2Nc2ccc(C)cc2)CC1=O. The molecule has 1 aliphatic rings. The average Bonchev–Trinajstić information content (AvgIpc) is 3.04. The van der Waals surface area contributed by atoms with Gasteiger partial charge in [-0.05, 0) is 31.2 Å². The first-order valence-corrected chi connectivity index (χ1v) is 9.07. The van der Waals surface area contributed by atoms with Gasteiger partial charge in [-0.3, -0.25) is 9.59 Å². The van der Waals surface area contributed by atoms with Gasteiger partial charge in [0.15, 0.2) is 0 Å². The summed E-state index contributed by atoms with van der Waals surface area (Å²) in [5, 5.41) is 6.30. The van der Waals surface area contributed by atoms with E-state index in [0.717, 1.165) is 11.4 Å². The maximum absolute atomic E-state index is 12.7. The highest BCUT2D eigenvalue weighted by Gasteiger charge is 2.34. The van der Waals surface area contributed by atoms with Crippen molar-refractivity contribution < 1.29 is 14.3 Å².